The second-order valence-electron chi connectivity index (χ2n) is 5.01. The standard InChI is InChI=1S/C12H24N2O2/c1-9(2)14-8-11(4-5-12(15)16)13-7-6-10(14)3/h9-11,13H,4-8H2,1-3H3,(H,15,16). The molecule has 2 N–H and O–H groups in total. The van der Waals surface area contributed by atoms with Crippen molar-refractivity contribution < 1.29 is 9.90 Å². The zero-order chi connectivity index (χ0) is 12.1. The van der Waals surface area contributed by atoms with Gasteiger partial charge in [0.05, 0.1) is 0 Å². The molecule has 0 aromatic carbocycles. The highest BCUT2D eigenvalue weighted by Gasteiger charge is 2.24. The lowest BCUT2D eigenvalue weighted by Gasteiger charge is -2.32. The van der Waals surface area contributed by atoms with E-state index < -0.39 is 5.97 Å². The summed E-state index contributed by atoms with van der Waals surface area (Å²) < 4.78 is 0. The lowest BCUT2D eigenvalue weighted by atomic mass is 10.1. The van der Waals surface area contributed by atoms with Crippen LogP contribution in [0.1, 0.15) is 40.0 Å². The first kappa shape index (κ1) is 13.5. The van der Waals surface area contributed by atoms with Gasteiger partial charge in [0, 0.05) is 31.1 Å². The van der Waals surface area contributed by atoms with Gasteiger partial charge in [-0.3, -0.25) is 9.69 Å². The summed E-state index contributed by atoms with van der Waals surface area (Å²) in [6.07, 6.45) is 2.13. The molecule has 1 rings (SSSR count). The second kappa shape index (κ2) is 6.21. The highest BCUT2D eigenvalue weighted by Crippen LogP contribution is 2.14. The summed E-state index contributed by atoms with van der Waals surface area (Å²) in [5.74, 6) is -0.699. The Labute approximate surface area is 98.0 Å². The minimum absolute atomic E-state index is 0.262. The van der Waals surface area contributed by atoms with Crippen molar-refractivity contribution in [1.29, 1.82) is 0 Å². The van der Waals surface area contributed by atoms with Crippen LogP contribution in [0.2, 0.25) is 0 Å². The van der Waals surface area contributed by atoms with Gasteiger partial charge in [-0.05, 0) is 40.2 Å². The SMILES string of the molecule is CC(C)N1CC(CCC(=O)O)NCCC1C. The van der Waals surface area contributed by atoms with Crippen LogP contribution in [0.4, 0.5) is 0 Å². The van der Waals surface area contributed by atoms with E-state index in [1.54, 1.807) is 0 Å². The van der Waals surface area contributed by atoms with Crippen molar-refractivity contribution in [3.8, 4) is 0 Å². The van der Waals surface area contributed by atoms with E-state index in [0.29, 0.717) is 18.1 Å². The van der Waals surface area contributed by atoms with Gasteiger partial charge in [-0.25, -0.2) is 0 Å². The Morgan fingerprint density at radius 1 is 1.56 bits per heavy atom. The third-order valence-corrected chi connectivity index (χ3v) is 3.36. The summed E-state index contributed by atoms with van der Waals surface area (Å²) in [6.45, 7) is 8.62. The van der Waals surface area contributed by atoms with Crippen LogP contribution >= 0.6 is 0 Å². The Morgan fingerprint density at radius 3 is 2.81 bits per heavy atom. The highest BCUT2D eigenvalue weighted by atomic mass is 16.4. The molecule has 0 bridgehead atoms. The molecule has 4 nitrogen and oxygen atoms in total. The van der Waals surface area contributed by atoms with E-state index in [4.69, 9.17) is 5.11 Å². The Balaban J connectivity index is 2.50. The molecule has 0 spiro atoms. The number of carboxylic acids is 1. The van der Waals surface area contributed by atoms with E-state index in [-0.39, 0.29) is 6.42 Å². The van der Waals surface area contributed by atoms with Crippen molar-refractivity contribution in [2.75, 3.05) is 13.1 Å². The van der Waals surface area contributed by atoms with Crippen molar-refractivity contribution in [3.05, 3.63) is 0 Å². The van der Waals surface area contributed by atoms with Crippen molar-refractivity contribution in [1.82, 2.24) is 10.2 Å². The van der Waals surface area contributed by atoms with Gasteiger partial charge in [0.25, 0.3) is 0 Å². The molecular weight excluding hydrogens is 204 g/mol. The number of nitrogens with zero attached hydrogens (tertiary/aromatic N) is 1. The zero-order valence-electron chi connectivity index (χ0n) is 10.6. The number of hydrogen-bond donors (Lipinski definition) is 2. The van der Waals surface area contributed by atoms with Gasteiger partial charge < -0.3 is 10.4 Å². The van der Waals surface area contributed by atoms with E-state index in [9.17, 15) is 4.79 Å². The molecule has 4 heteroatoms. The molecule has 0 saturated carbocycles. The van der Waals surface area contributed by atoms with E-state index in [1.807, 2.05) is 0 Å². The molecule has 0 aromatic rings. The predicted molar refractivity (Wildman–Crippen MR) is 64.6 cm³/mol. The lowest BCUT2D eigenvalue weighted by molar-refractivity contribution is -0.137. The summed E-state index contributed by atoms with van der Waals surface area (Å²) >= 11 is 0. The van der Waals surface area contributed by atoms with E-state index >= 15 is 0 Å². The molecule has 1 saturated heterocycles. The summed E-state index contributed by atoms with van der Waals surface area (Å²) in [4.78, 5) is 13.0. The normalized spacial score (nSPS) is 28.0. The minimum atomic E-state index is -0.699. The number of aliphatic carboxylic acids is 1. The maximum absolute atomic E-state index is 10.6. The molecule has 1 heterocycles. The Bertz CT molecular complexity index is 231. The molecule has 16 heavy (non-hydrogen) atoms. The van der Waals surface area contributed by atoms with E-state index in [0.717, 1.165) is 25.9 Å². The maximum Gasteiger partial charge on any atom is 0.303 e. The first-order chi connectivity index (χ1) is 7.50. The van der Waals surface area contributed by atoms with Gasteiger partial charge in [-0.1, -0.05) is 0 Å². The van der Waals surface area contributed by atoms with Crippen LogP contribution in [-0.4, -0.2) is 47.2 Å². The maximum atomic E-state index is 10.6. The third kappa shape index (κ3) is 4.10. The highest BCUT2D eigenvalue weighted by molar-refractivity contribution is 5.66. The fraction of sp³-hybridized carbons (Fsp3) is 0.917. The van der Waals surface area contributed by atoms with Crippen molar-refractivity contribution in [3.63, 3.8) is 0 Å². The van der Waals surface area contributed by atoms with Crippen LogP contribution in [-0.2, 0) is 4.79 Å². The summed E-state index contributed by atoms with van der Waals surface area (Å²) in [6, 6.07) is 1.44. The molecule has 2 atom stereocenters. The van der Waals surface area contributed by atoms with Crippen LogP contribution < -0.4 is 5.32 Å². The minimum Gasteiger partial charge on any atom is -0.481 e. The first-order valence-corrected chi connectivity index (χ1v) is 6.21. The van der Waals surface area contributed by atoms with Gasteiger partial charge in [0.1, 0.15) is 0 Å². The Kier molecular flexibility index (Phi) is 5.22. The molecule has 0 aromatic heterocycles. The fourth-order valence-corrected chi connectivity index (χ4v) is 2.37. The zero-order valence-corrected chi connectivity index (χ0v) is 10.6. The van der Waals surface area contributed by atoms with Crippen molar-refractivity contribution >= 4 is 5.97 Å². The summed E-state index contributed by atoms with van der Waals surface area (Å²) in [5, 5.41) is 12.1. The van der Waals surface area contributed by atoms with Crippen LogP contribution in [0.25, 0.3) is 0 Å². The van der Waals surface area contributed by atoms with Gasteiger partial charge in [-0.2, -0.15) is 0 Å². The smallest absolute Gasteiger partial charge is 0.303 e. The molecule has 2 unspecified atom stereocenters. The van der Waals surface area contributed by atoms with Crippen LogP contribution in [0.3, 0.4) is 0 Å². The largest absolute Gasteiger partial charge is 0.481 e. The van der Waals surface area contributed by atoms with Crippen LogP contribution in [0.15, 0.2) is 0 Å². The molecule has 0 amide bonds. The lowest BCUT2D eigenvalue weighted by Crippen LogP contribution is -2.43. The van der Waals surface area contributed by atoms with Crippen LogP contribution in [0.5, 0.6) is 0 Å². The van der Waals surface area contributed by atoms with Gasteiger partial charge in [0.2, 0.25) is 0 Å². The van der Waals surface area contributed by atoms with Crippen LogP contribution in [0, 0.1) is 0 Å². The van der Waals surface area contributed by atoms with E-state index in [1.165, 1.54) is 0 Å². The summed E-state index contributed by atoms with van der Waals surface area (Å²) in [7, 11) is 0. The molecule has 0 radical (unpaired) electrons. The molecule has 1 fully saturated rings. The quantitative estimate of drug-likeness (QED) is 0.762. The number of carbonyl (C=O) groups is 1. The number of hydrogen-bond acceptors (Lipinski definition) is 3. The summed E-state index contributed by atoms with van der Waals surface area (Å²) in [5.41, 5.74) is 0. The molecule has 1 aliphatic rings. The number of carboxylic acid groups (broad SMARTS) is 1. The predicted octanol–water partition coefficient (Wildman–Crippen LogP) is 1.31. The van der Waals surface area contributed by atoms with Crippen molar-refractivity contribution in [2.24, 2.45) is 0 Å². The Hall–Kier alpha value is -0.610. The fourth-order valence-electron chi connectivity index (χ4n) is 2.37. The number of nitrogens with one attached hydrogen (secondary N) is 1. The first-order valence-electron chi connectivity index (χ1n) is 6.21. The van der Waals surface area contributed by atoms with E-state index in [2.05, 4.69) is 31.0 Å². The number of rotatable bonds is 4. The molecule has 1 aliphatic heterocycles. The van der Waals surface area contributed by atoms with Gasteiger partial charge in [0.15, 0.2) is 0 Å². The average Bonchev–Trinajstić information content (AvgIpc) is 2.37. The van der Waals surface area contributed by atoms with Gasteiger partial charge >= 0.3 is 5.97 Å². The second-order valence-corrected chi connectivity index (χ2v) is 5.01. The molecule has 94 valence electrons. The Morgan fingerprint density at radius 2 is 2.25 bits per heavy atom. The van der Waals surface area contributed by atoms with Gasteiger partial charge in [-0.15, -0.1) is 0 Å². The average molecular weight is 228 g/mol. The topological polar surface area (TPSA) is 52.6 Å². The molecule has 0 aliphatic carbocycles. The monoisotopic (exact) mass is 228 g/mol. The third-order valence-electron chi connectivity index (χ3n) is 3.36. The molecular formula is C12H24N2O2. The van der Waals surface area contributed by atoms with Crippen molar-refractivity contribution in [2.45, 2.75) is 58.2 Å².